The molecule has 0 aromatic heterocycles. The number of ether oxygens (including phenoxy) is 4. The molecule has 0 spiro atoms. The summed E-state index contributed by atoms with van der Waals surface area (Å²) >= 11 is 0. The fraction of sp³-hybridized carbons (Fsp3) is 1.00. The first-order chi connectivity index (χ1) is 13.1. The molecule has 2 fully saturated rings. The molecule has 28 heavy (non-hydrogen) atoms. The first-order valence-electron chi connectivity index (χ1n) is 9.60. The molecule has 10 nitrogen and oxygen atoms in total. The number of aliphatic hydroxyl groups excluding tert-OH is 6. The van der Waals surface area contributed by atoms with Gasteiger partial charge in [0.2, 0.25) is 0 Å². The summed E-state index contributed by atoms with van der Waals surface area (Å²) in [5.41, 5.74) is 0. The first-order valence-corrected chi connectivity index (χ1v) is 9.60. The Morgan fingerprint density at radius 3 is 1.89 bits per heavy atom. The van der Waals surface area contributed by atoms with Crippen LogP contribution in [-0.4, -0.2) is 112 Å². The van der Waals surface area contributed by atoms with Gasteiger partial charge in [-0.15, -0.1) is 0 Å². The number of aliphatic hydroxyl groups is 6. The third kappa shape index (κ3) is 5.01. The molecule has 166 valence electrons. The molecular formula is C18H34O10. The molecule has 0 aromatic carbocycles. The maximum atomic E-state index is 10.2. The van der Waals surface area contributed by atoms with Crippen molar-refractivity contribution in [2.24, 2.45) is 11.8 Å². The van der Waals surface area contributed by atoms with E-state index in [1.54, 1.807) is 6.92 Å². The van der Waals surface area contributed by atoms with Gasteiger partial charge in [0.15, 0.2) is 6.29 Å². The second-order valence-corrected chi connectivity index (χ2v) is 8.05. The lowest BCUT2D eigenvalue weighted by Gasteiger charge is -2.43. The molecule has 0 aromatic rings. The zero-order valence-electron chi connectivity index (χ0n) is 16.7. The van der Waals surface area contributed by atoms with Crippen LogP contribution >= 0.6 is 0 Å². The summed E-state index contributed by atoms with van der Waals surface area (Å²) in [6, 6.07) is 0. The van der Waals surface area contributed by atoms with Gasteiger partial charge >= 0.3 is 0 Å². The van der Waals surface area contributed by atoms with Gasteiger partial charge in [0.05, 0.1) is 25.4 Å². The molecule has 0 saturated carbocycles. The molecule has 2 saturated heterocycles. The van der Waals surface area contributed by atoms with Crippen molar-refractivity contribution in [1.29, 1.82) is 0 Å². The second kappa shape index (κ2) is 10.1. The van der Waals surface area contributed by atoms with Gasteiger partial charge in [-0.2, -0.15) is 0 Å². The number of hydrogen-bond donors (Lipinski definition) is 6. The summed E-state index contributed by atoms with van der Waals surface area (Å²) < 4.78 is 21.8. The summed E-state index contributed by atoms with van der Waals surface area (Å²) in [5.74, 6) is -0.449. The van der Waals surface area contributed by atoms with Crippen LogP contribution in [0.2, 0.25) is 0 Å². The van der Waals surface area contributed by atoms with Gasteiger partial charge in [-0.1, -0.05) is 20.8 Å². The molecule has 0 aliphatic carbocycles. The van der Waals surface area contributed by atoms with Gasteiger partial charge < -0.3 is 49.6 Å². The number of rotatable bonds is 7. The fourth-order valence-electron chi connectivity index (χ4n) is 3.67. The molecular weight excluding hydrogens is 376 g/mol. The second-order valence-electron chi connectivity index (χ2n) is 8.05. The van der Waals surface area contributed by atoms with Crippen molar-refractivity contribution >= 4 is 0 Å². The van der Waals surface area contributed by atoms with Crippen LogP contribution in [0.1, 0.15) is 20.8 Å². The summed E-state index contributed by atoms with van der Waals surface area (Å²) in [6.07, 6.45) is -11.3. The Bertz CT molecular complexity index is 475. The minimum atomic E-state index is -1.42. The molecule has 11 unspecified atom stereocenters. The average Bonchev–Trinajstić information content (AvgIpc) is 2.66. The highest BCUT2D eigenvalue weighted by Crippen LogP contribution is 2.28. The molecule has 0 bridgehead atoms. The van der Waals surface area contributed by atoms with Crippen molar-refractivity contribution in [2.75, 3.05) is 20.3 Å². The lowest BCUT2D eigenvalue weighted by Crippen LogP contribution is -2.60. The predicted octanol–water partition coefficient (Wildman–Crippen LogP) is -2.40. The zero-order chi connectivity index (χ0) is 21.2. The summed E-state index contributed by atoms with van der Waals surface area (Å²) in [5, 5.41) is 60.2. The third-order valence-electron chi connectivity index (χ3n) is 5.47. The summed E-state index contributed by atoms with van der Waals surface area (Å²) in [4.78, 5) is 0. The van der Waals surface area contributed by atoms with Crippen molar-refractivity contribution in [1.82, 2.24) is 0 Å². The fourth-order valence-corrected chi connectivity index (χ4v) is 3.67. The van der Waals surface area contributed by atoms with Crippen molar-refractivity contribution in [2.45, 2.75) is 82.0 Å². The van der Waals surface area contributed by atoms with Gasteiger partial charge in [-0.05, 0) is 5.92 Å². The van der Waals surface area contributed by atoms with E-state index in [1.165, 1.54) is 7.11 Å². The molecule has 2 rings (SSSR count). The Labute approximate surface area is 164 Å². The summed E-state index contributed by atoms with van der Waals surface area (Å²) in [6.45, 7) is 5.47. The van der Waals surface area contributed by atoms with E-state index in [0.29, 0.717) is 0 Å². The van der Waals surface area contributed by atoms with Crippen LogP contribution < -0.4 is 0 Å². The monoisotopic (exact) mass is 410 g/mol. The first kappa shape index (κ1) is 23.9. The molecule has 11 atom stereocenters. The standard InChI is InChI=1S/C18H34O10/c1-7(2)16-13(22)11(20)10(19)9(27-16)6-26-5-8(3)17-14(23)12(21)15(24)18(25-4)28-17/h7-24H,5-6H2,1-4H3. The van der Waals surface area contributed by atoms with E-state index in [4.69, 9.17) is 18.9 Å². The highest BCUT2D eigenvalue weighted by atomic mass is 16.7. The Balaban J connectivity index is 1.89. The van der Waals surface area contributed by atoms with Crippen LogP contribution in [-0.2, 0) is 18.9 Å². The van der Waals surface area contributed by atoms with E-state index in [2.05, 4.69) is 0 Å². The van der Waals surface area contributed by atoms with Crippen molar-refractivity contribution in [3.8, 4) is 0 Å². The molecule has 0 radical (unpaired) electrons. The average molecular weight is 410 g/mol. The van der Waals surface area contributed by atoms with Gasteiger partial charge in [-0.3, -0.25) is 0 Å². The Morgan fingerprint density at radius 2 is 1.32 bits per heavy atom. The van der Waals surface area contributed by atoms with Gasteiger partial charge in [0.1, 0.15) is 42.7 Å². The molecule has 2 aliphatic rings. The van der Waals surface area contributed by atoms with E-state index in [-0.39, 0.29) is 25.0 Å². The van der Waals surface area contributed by atoms with Crippen LogP contribution in [0.25, 0.3) is 0 Å². The maximum Gasteiger partial charge on any atom is 0.186 e. The van der Waals surface area contributed by atoms with Crippen LogP contribution in [0, 0.1) is 11.8 Å². The minimum absolute atomic E-state index is 0.0415. The van der Waals surface area contributed by atoms with Crippen molar-refractivity contribution < 1.29 is 49.6 Å². The molecule has 0 amide bonds. The molecule has 2 heterocycles. The highest BCUT2D eigenvalue weighted by molar-refractivity contribution is 4.94. The molecule has 10 heteroatoms. The van der Waals surface area contributed by atoms with Gasteiger partial charge in [0, 0.05) is 13.0 Å². The minimum Gasteiger partial charge on any atom is -0.388 e. The quantitative estimate of drug-likeness (QED) is 0.267. The third-order valence-corrected chi connectivity index (χ3v) is 5.47. The Morgan fingerprint density at radius 1 is 0.750 bits per heavy atom. The lowest BCUT2D eigenvalue weighted by molar-refractivity contribution is -0.300. The van der Waals surface area contributed by atoms with Crippen LogP contribution in [0.3, 0.4) is 0 Å². The summed E-state index contributed by atoms with van der Waals surface area (Å²) in [7, 11) is 1.32. The molecule has 2 aliphatic heterocycles. The zero-order valence-corrected chi connectivity index (χ0v) is 16.7. The number of hydrogen-bond acceptors (Lipinski definition) is 10. The van der Waals surface area contributed by atoms with Crippen LogP contribution in [0.5, 0.6) is 0 Å². The smallest absolute Gasteiger partial charge is 0.186 e. The topological polar surface area (TPSA) is 158 Å². The van der Waals surface area contributed by atoms with E-state index in [0.717, 1.165) is 0 Å². The lowest BCUT2D eigenvalue weighted by atomic mass is 9.89. The van der Waals surface area contributed by atoms with Gasteiger partial charge in [0.25, 0.3) is 0 Å². The van der Waals surface area contributed by atoms with Crippen LogP contribution in [0.15, 0.2) is 0 Å². The maximum absolute atomic E-state index is 10.2. The SMILES string of the molecule is COC1OC(C(C)COCC2OC(C(C)C)C(O)C(O)C2O)C(O)C(O)C1O. The van der Waals surface area contributed by atoms with E-state index in [1.807, 2.05) is 13.8 Å². The Hall–Kier alpha value is -0.400. The normalized spacial score (nSPS) is 46.0. The van der Waals surface area contributed by atoms with Crippen molar-refractivity contribution in [3.63, 3.8) is 0 Å². The molecule has 6 N–H and O–H groups in total. The van der Waals surface area contributed by atoms with E-state index < -0.39 is 61.2 Å². The van der Waals surface area contributed by atoms with Crippen molar-refractivity contribution in [3.05, 3.63) is 0 Å². The van der Waals surface area contributed by atoms with E-state index >= 15 is 0 Å². The van der Waals surface area contributed by atoms with E-state index in [9.17, 15) is 30.6 Å². The van der Waals surface area contributed by atoms with Crippen LogP contribution in [0.4, 0.5) is 0 Å². The largest absolute Gasteiger partial charge is 0.388 e. The predicted molar refractivity (Wildman–Crippen MR) is 95.2 cm³/mol. The Kier molecular flexibility index (Phi) is 8.59. The van der Waals surface area contributed by atoms with Gasteiger partial charge in [-0.25, -0.2) is 0 Å². The highest BCUT2D eigenvalue weighted by Gasteiger charge is 2.47. The number of methoxy groups -OCH3 is 1.